The molecule has 0 bridgehead atoms. The molecular weight excluding hydrogens is 238 g/mol. The first kappa shape index (κ1) is 11.8. The Morgan fingerprint density at radius 2 is 1.82 bits per heavy atom. The quantitative estimate of drug-likeness (QED) is 0.893. The maximum absolute atomic E-state index is 6.13. The number of nitrogens with two attached hydrogens (primary N) is 1. The number of nitrogens with zero attached hydrogens (tertiary/aromatic N) is 2. The second-order valence-corrected chi connectivity index (χ2v) is 4.26. The zero-order valence-electron chi connectivity index (χ0n) is 9.58. The lowest BCUT2D eigenvalue weighted by Crippen LogP contribution is -2.10. The van der Waals surface area contributed by atoms with Gasteiger partial charge in [-0.25, -0.2) is 0 Å². The molecule has 0 aliphatic rings. The van der Waals surface area contributed by atoms with Crippen molar-refractivity contribution in [1.82, 2.24) is 9.59 Å². The van der Waals surface area contributed by atoms with Crippen LogP contribution in [0.4, 0.5) is 0 Å². The first-order valence-corrected chi connectivity index (χ1v) is 5.77. The summed E-state index contributed by atoms with van der Waals surface area (Å²) in [6.45, 7) is 0. The molecule has 17 heavy (non-hydrogen) atoms. The summed E-state index contributed by atoms with van der Waals surface area (Å²) in [7, 11) is 3.22. The molecule has 0 aliphatic carbocycles. The highest BCUT2D eigenvalue weighted by Gasteiger charge is 2.13. The van der Waals surface area contributed by atoms with Gasteiger partial charge in [0.1, 0.15) is 11.5 Å². The largest absolute Gasteiger partial charge is 0.497 e. The number of hydrogen-bond acceptors (Lipinski definition) is 6. The fraction of sp³-hybridized carbons (Fsp3) is 0.273. The molecule has 1 aromatic heterocycles. The van der Waals surface area contributed by atoms with Crippen molar-refractivity contribution in [2.24, 2.45) is 5.73 Å². The zero-order valence-corrected chi connectivity index (χ0v) is 10.4. The average molecular weight is 251 g/mol. The van der Waals surface area contributed by atoms with Crippen LogP contribution in [0.1, 0.15) is 16.5 Å². The maximum Gasteiger partial charge on any atom is 0.122 e. The maximum atomic E-state index is 6.13. The molecule has 0 saturated heterocycles. The summed E-state index contributed by atoms with van der Waals surface area (Å²) in [4.78, 5) is 0.903. The summed E-state index contributed by atoms with van der Waals surface area (Å²) < 4.78 is 14.2. The summed E-state index contributed by atoms with van der Waals surface area (Å²) in [6.07, 6.45) is 1.67. The monoisotopic (exact) mass is 251 g/mol. The van der Waals surface area contributed by atoms with E-state index in [1.54, 1.807) is 26.5 Å². The van der Waals surface area contributed by atoms with Gasteiger partial charge in [-0.05, 0) is 29.2 Å². The van der Waals surface area contributed by atoms with Crippen LogP contribution in [-0.2, 0) is 0 Å². The van der Waals surface area contributed by atoms with E-state index < -0.39 is 0 Å². The van der Waals surface area contributed by atoms with Crippen molar-refractivity contribution in [2.45, 2.75) is 6.04 Å². The van der Waals surface area contributed by atoms with Crippen LogP contribution in [0, 0.1) is 0 Å². The second-order valence-electron chi connectivity index (χ2n) is 3.44. The highest BCUT2D eigenvalue weighted by molar-refractivity contribution is 7.05. The van der Waals surface area contributed by atoms with Crippen molar-refractivity contribution in [3.8, 4) is 11.5 Å². The summed E-state index contributed by atoms with van der Waals surface area (Å²) in [5.41, 5.74) is 7.04. The minimum absolute atomic E-state index is 0.265. The van der Waals surface area contributed by atoms with Crippen LogP contribution in [0.25, 0.3) is 0 Å². The van der Waals surface area contributed by atoms with Crippen LogP contribution >= 0.6 is 11.5 Å². The van der Waals surface area contributed by atoms with Crippen molar-refractivity contribution in [1.29, 1.82) is 0 Å². The normalized spacial score (nSPS) is 12.2. The molecule has 0 fully saturated rings. The van der Waals surface area contributed by atoms with E-state index in [-0.39, 0.29) is 6.04 Å². The Morgan fingerprint density at radius 1 is 1.18 bits per heavy atom. The van der Waals surface area contributed by atoms with Crippen LogP contribution in [0.5, 0.6) is 11.5 Å². The van der Waals surface area contributed by atoms with Gasteiger partial charge in [-0.15, -0.1) is 5.10 Å². The summed E-state index contributed by atoms with van der Waals surface area (Å²) in [5.74, 6) is 1.43. The fourth-order valence-electron chi connectivity index (χ4n) is 1.49. The van der Waals surface area contributed by atoms with Gasteiger partial charge in [0.25, 0.3) is 0 Å². The van der Waals surface area contributed by atoms with E-state index in [0.717, 1.165) is 10.4 Å². The Hall–Kier alpha value is -1.66. The van der Waals surface area contributed by atoms with E-state index >= 15 is 0 Å². The van der Waals surface area contributed by atoms with Gasteiger partial charge in [0.15, 0.2) is 0 Å². The topological polar surface area (TPSA) is 70.3 Å². The minimum atomic E-state index is -0.265. The first-order valence-electron chi connectivity index (χ1n) is 5.00. The van der Waals surface area contributed by atoms with Crippen molar-refractivity contribution in [3.63, 3.8) is 0 Å². The highest BCUT2D eigenvalue weighted by atomic mass is 32.1. The zero-order chi connectivity index (χ0) is 12.3. The molecule has 5 nitrogen and oxygen atoms in total. The third-order valence-corrected chi connectivity index (χ3v) is 3.16. The molecule has 0 aliphatic heterocycles. The van der Waals surface area contributed by atoms with Gasteiger partial charge in [-0.1, -0.05) is 4.49 Å². The molecular formula is C11H13N3O2S. The van der Waals surface area contributed by atoms with Gasteiger partial charge in [-0.2, -0.15) is 0 Å². The van der Waals surface area contributed by atoms with Crippen LogP contribution in [0.3, 0.4) is 0 Å². The molecule has 0 radical (unpaired) electrons. The lowest BCUT2D eigenvalue weighted by Gasteiger charge is -2.12. The SMILES string of the molecule is COc1cc(OC)cc(C(N)c2cnns2)c1. The molecule has 2 aromatic rings. The van der Waals surface area contributed by atoms with Crippen molar-refractivity contribution in [2.75, 3.05) is 14.2 Å². The molecule has 90 valence electrons. The Bertz CT molecular complexity index is 465. The highest BCUT2D eigenvalue weighted by Crippen LogP contribution is 2.29. The smallest absolute Gasteiger partial charge is 0.122 e. The number of hydrogen-bond donors (Lipinski definition) is 1. The van der Waals surface area contributed by atoms with Gasteiger partial charge in [0.05, 0.1) is 31.3 Å². The number of rotatable bonds is 4. The predicted molar refractivity (Wildman–Crippen MR) is 65.5 cm³/mol. The molecule has 1 atom stereocenters. The van der Waals surface area contributed by atoms with Crippen LogP contribution in [-0.4, -0.2) is 23.8 Å². The van der Waals surface area contributed by atoms with Crippen molar-refractivity contribution in [3.05, 3.63) is 34.8 Å². The van der Waals surface area contributed by atoms with Gasteiger partial charge in [0.2, 0.25) is 0 Å². The van der Waals surface area contributed by atoms with E-state index in [4.69, 9.17) is 15.2 Å². The van der Waals surface area contributed by atoms with Gasteiger partial charge < -0.3 is 15.2 Å². The number of ether oxygens (including phenoxy) is 2. The number of methoxy groups -OCH3 is 2. The van der Waals surface area contributed by atoms with Crippen LogP contribution in [0.15, 0.2) is 24.4 Å². The van der Waals surface area contributed by atoms with E-state index in [2.05, 4.69) is 9.59 Å². The molecule has 2 rings (SSSR count). The molecule has 1 aromatic carbocycles. The van der Waals surface area contributed by atoms with Crippen molar-refractivity contribution < 1.29 is 9.47 Å². The minimum Gasteiger partial charge on any atom is -0.497 e. The Balaban J connectivity index is 2.37. The van der Waals surface area contributed by atoms with Crippen LogP contribution < -0.4 is 15.2 Å². The van der Waals surface area contributed by atoms with E-state index in [1.807, 2.05) is 12.1 Å². The molecule has 6 heteroatoms. The van der Waals surface area contributed by atoms with Gasteiger partial charge >= 0.3 is 0 Å². The predicted octanol–water partition coefficient (Wildman–Crippen LogP) is 1.60. The lowest BCUT2D eigenvalue weighted by molar-refractivity contribution is 0.393. The fourth-order valence-corrected chi connectivity index (χ4v) is 2.02. The molecule has 0 spiro atoms. The third-order valence-electron chi connectivity index (χ3n) is 2.42. The summed E-state index contributed by atoms with van der Waals surface area (Å²) in [6, 6.07) is 5.31. The average Bonchev–Trinajstić information content (AvgIpc) is 2.91. The Morgan fingerprint density at radius 3 is 2.29 bits per heavy atom. The molecule has 0 amide bonds. The standard InChI is InChI=1S/C11H13N3O2S/c1-15-8-3-7(4-9(5-8)16-2)11(12)10-6-13-14-17-10/h3-6,11H,12H2,1-2H3. The number of benzene rings is 1. The van der Waals surface area contributed by atoms with Crippen LogP contribution in [0.2, 0.25) is 0 Å². The van der Waals surface area contributed by atoms with E-state index in [9.17, 15) is 0 Å². The lowest BCUT2D eigenvalue weighted by atomic mass is 10.1. The molecule has 0 saturated carbocycles. The molecule has 2 N–H and O–H groups in total. The number of aromatic nitrogens is 2. The molecule has 1 unspecified atom stereocenters. The molecule has 1 heterocycles. The first-order chi connectivity index (χ1) is 8.24. The van der Waals surface area contributed by atoms with E-state index in [0.29, 0.717) is 11.5 Å². The summed E-state index contributed by atoms with van der Waals surface area (Å²) in [5, 5.41) is 3.78. The van der Waals surface area contributed by atoms with E-state index in [1.165, 1.54) is 11.5 Å². The van der Waals surface area contributed by atoms with Gasteiger partial charge in [-0.3, -0.25) is 0 Å². The Labute approximate surface area is 103 Å². The summed E-state index contributed by atoms with van der Waals surface area (Å²) >= 11 is 1.29. The third kappa shape index (κ3) is 2.54. The van der Waals surface area contributed by atoms with Crippen molar-refractivity contribution >= 4 is 11.5 Å². The second kappa shape index (κ2) is 5.11. The van der Waals surface area contributed by atoms with Gasteiger partial charge in [0, 0.05) is 6.07 Å². The Kier molecular flexibility index (Phi) is 3.55.